The van der Waals surface area contributed by atoms with Crippen molar-refractivity contribution in [2.45, 2.75) is 52.4 Å². The van der Waals surface area contributed by atoms with Gasteiger partial charge in [0.05, 0.1) is 0 Å². The summed E-state index contributed by atoms with van der Waals surface area (Å²) >= 11 is 1.93. The maximum atomic E-state index is 2.45. The Labute approximate surface area is 270 Å². The lowest BCUT2D eigenvalue weighted by atomic mass is 9.83. The van der Waals surface area contributed by atoms with Crippen LogP contribution >= 0.6 is 11.3 Å². The van der Waals surface area contributed by atoms with Crippen molar-refractivity contribution in [2.75, 3.05) is 0 Å². The predicted molar refractivity (Wildman–Crippen MR) is 200 cm³/mol. The minimum Gasteiger partial charge on any atom is -0.135 e. The second-order valence-corrected chi connectivity index (χ2v) is 15.7. The summed E-state index contributed by atoms with van der Waals surface area (Å²) in [5, 5.41) is 10.6. The lowest BCUT2D eigenvalue weighted by Gasteiger charge is -2.21. The molecule has 0 aliphatic rings. The van der Waals surface area contributed by atoms with E-state index in [1.54, 1.807) is 0 Å². The Morgan fingerprint density at radius 2 is 0.889 bits per heavy atom. The SMILES string of the molecule is CC(C)(C)c1ccc2sc3c(-c4ccc(-c5ccc6c7ccccc7c7ccccc7c6c5)cc4)cc(C(C)(C)C)cc3c2c1. The average molecular weight is 599 g/mol. The van der Waals surface area contributed by atoms with Gasteiger partial charge in [-0.3, -0.25) is 0 Å². The summed E-state index contributed by atoms with van der Waals surface area (Å²) in [6.07, 6.45) is 0. The molecule has 8 rings (SSSR count). The van der Waals surface area contributed by atoms with Crippen LogP contribution in [0.5, 0.6) is 0 Å². The molecule has 0 saturated carbocycles. The summed E-state index contributed by atoms with van der Waals surface area (Å²) in [6.45, 7) is 13.9. The zero-order chi connectivity index (χ0) is 31.1. The maximum Gasteiger partial charge on any atom is 0.0434 e. The Balaban J connectivity index is 1.28. The number of benzene rings is 7. The molecule has 0 spiro atoms. The maximum absolute atomic E-state index is 2.45. The standard InChI is InChI=1S/C44H38S/c1-43(2,3)30-20-22-41-39(24-30)40-26-31(44(4,5)6)25-37(42(40)45-41)28-17-15-27(16-18-28)29-19-21-36-34-13-8-7-11-32(34)33-12-9-10-14-35(33)38(36)23-29/h7-26H,1-6H3. The molecule has 1 heterocycles. The number of rotatable bonds is 2. The van der Waals surface area contributed by atoms with Crippen LogP contribution in [0.25, 0.3) is 74.7 Å². The summed E-state index contributed by atoms with van der Waals surface area (Å²) in [5.41, 5.74) is 8.03. The molecule has 0 nitrogen and oxygen atoms in total. The van der Waals surface area contributed by atoms with Crippen molar-refractivity contribution in [1.29, 1.82) is 0 Å². The van der Waals surface area contributed by atoms with Crippen LogP contribution in [0.15, 0.2) is 121 Å². The summed E-state index contributed by atoms with van der Waals surface area (Å²) < 4.78 is 2.73. The van der Waals surface area contributed by atoms with Gasteiger partial charge >= 0.3 is 0 Å². The Morgan fingerprint density at radius 1 is 0.378 bits per heavy atom. The third-order valence-electron chi connectivity index (χ3n) is 9.58. The van der Waals surface area contributed by atoms with Gasteiger partial charge in [0.25, 0.3) is 0 Å². The molecule has 0 amide bonds. The quantitative estimate of drug-likeness (QED) is 0.174. The molecule has 1 aromatic heterocycles. The van der Waals surface area contributed by atoms with Gasteiger partial charge in [-0.1, -0.05) is 133 Å². The fourth-order valence-corrected chi connectivity index (χ4v) is 8.12. The summed E-state index contributed by atoms with van der Waals surface area (Å²) in [7, 11) is 0. The molecule has 1 heteroatoms. The fraction of sp³-hybridized carbons (Fsp3) is 0.182. The smallest absolute Gasteiger partial charge is 0.0434 e. The first-order valence-electron chi connectivity index (χ1n) is 16.0. The predicted octanol–water partition coefficient (Wildman–Crippen LogP) is 13.4. The van der Waals surface area contributed by atoms with Crippen LogP contribution in [-0.2, 0) is 10.8 Å². The number of fused-ring (bicyclic) bond motifs is 9. The van der Waals surface area contributed by atoms with Crippen molar-refractivity contribution in [2.24, 2.45) is 0 Å². The highest BCUT2D eigenvalue weighted by atomic mass is 32.1. The van der Waals surface area contributed by atoms with E-state index in [1.165, 1.54) is 85.9 Å². The topological polar surface area (TPSA) is 0 Å². The van der Waals surface area contributed by atoms with Gasteiger partial charge in [0.1, 0.15) is 0 Å². The molecule has 0 aliphatic carbocycles. The van der Waals surface area contributed by atoms with Gasteiger partial charge in [0, 0.05) is 20.2 Å². The van der Waals surface area contributed by atoms with Gasteiger partial charge in [0.15, 0.2) is 0 Å². The van der Waals surface area contributed by atoms with Crippen molar-refractivity contribution in [3.05, 3.63) is 132 Å². The molecule has 0 N–H and O–H groups in total. The van der Waals surface area contributed by atoms with Crippen LogP contribution < -0.4 is 0 Å². The van der Waals surface area contributed by atoms with Gasteiger partial charge in [-0.15, -0.1) is 11.3 Å². The Kier molecular flexibility index (Phi) is 6.25. The second-order valence-electron chi connectivity index (χ2n) is 14.6. The van der Waals surface area contributed by atoms with E-state index < -0.39 is 0 Å². The molecule has 0 saturated heterocycles. The minimum absolute atomic E-state index is 0.0524. The summed E-state index contributed by atoms with van der Waals surface area (Å²) in [4.78, 5) is 0. The summed E-state index contributed by atoms with van der Waals surface area (Å²) in [6, 6.07) is 45.8. The van der Waals surface area contributed by atoms with E-state index in [2.05, 4.69) is 163 Å². The van der Waals surface area contributed by atoms with Gasteiger partial charge in [0.2, 0.25) is 0 Å². The third kappa shape index (κ3) is 4.64. The van der Waals surface area contributed by atoms with Crippen LogP contribution in [0.2, 0.25) is 0 Å². The van der Waals surface area contributed by atoms with E-state index >= 15 is 0 Å². The average Bonchev–Trinajstić information content (AvgIpc) is 3.42. The Bertz CT molecular complexity index is 2390. The van der Waals surface area contributed by atoms with Gasteiger partial charge in [-0.25, -0.2) is 0 Å². The monoisotopic (exact) mass is 598 g/mol. The molecule has 45 heavy (non-hydrogen) atoms. The molecule has 0 aliphatic heterocycles. The molecule has 220 valence electrons. The number of hydrogen-bond acceptors (Lipinski definition) is 1. The van der Waals surface area contributed by atoms with Crippen LogP contribution in [0.3, 0.4) is 0 Å². The van der Waals surface area contributed by atoms with Gasteiger partial charge in [-0.05, 0) is 107 Å². The number of hydrogen-bond donors (Lipinski definition) is 0. The Hall–Kier alpha value is -4.46. The lowest BCUT2D eigenvalue weighted by Crippen LogP contribution is -2.11. The van der Waals surface area contributed by atoms with E-state index in [-0.39, 0.29) is 10.8 Å². The highest BCUT2D eigenvalue weighted by Gasteiger charge is 2.21. The van der Waals surface area contributed by atoms with Crippen LogP contribution in [0.1, 0.15) is 52.7 Å². The van der Waals surface area contributed by atoms with Crippen molar-refractivity contribution < 1.29 is 0 Å². The molecule has 8 aromatic rings. The summed E-state index contributed by atoms with van der Waals surface area (Å²) in [5.74, 6) is 0. The van der Waals surface area contributed by atoms with E-state index in [0.29, 0.717) is 0 Å². The number of thiophene rings is 1. The molecule has 0 fully saturated rings. The molecular weight excluding hydrogens is 561 g/mol. The van der Waals surface area contributed by atoms with Crippen LogP contribution in [-0.4, -0.2) is 0 Å². The Morgan fingerprint density at radius 3 is 1.49 bits per heavy atom. The fourth-order valence-electron chi connectivity index (χ4n) is 6.92. The first-order valence-corrected chi connectivity index (χ1v) is 16.8. The highest BCUT2D eigenvalue weighted by Crippen LogP contribution is 2.44. The highest BCUT2D eigenvalue weighted by molar-refractivity contribution is 7.26. The van der Waals surface area contributed by atoms with E-state index in [0.717, 1.165) is 0 Å². The zero-order valence-corrected chi connectivity index (χ0v) is 27.8. The molecular formula is C44H38S. The van der Waals surface area contributed by atoms with Crippen LogP contribution in [0, 0.1) is 0 Å². The van der Waals surface area contributed by atoms with Gasteiger partial charge < -0.3 is 0 Å². The van der Waals surface area contributed by atoms with Gasteiger partial charge in [-0.2, -0.15) is 0 Å². The minimum atomic E-state index is 0.0524. The molecule has 0 atom stereocenters. The van der Waals surface area contributed by atoms with Crippen LogP contribution in [0.4, 0.5) is 0 Å². The molecule has 0 unspecified atom stereocenters. The van der Waals surface area contributed by atoms with E-state index in [4.69, 9.17) is 0 Å². The van der Waals surface area contributed by atoms with Crippen molar-refractivity contribution in [3.63, 3.8) is 0 Å². The van der Waals surface area contributed by atoms with Crippen molar-refractivity contribution >= 4 is 63.8 Å². The normalized spacial score (nSPS) is 12.7. The zero-order valence-electron chi connectivity index (χ0n) is 27.0. The first kappa shape index (κ1) is 28.0. The van der Waals surface area contributed by atoms with E-state index in [9.17, 15) is 0 Å². The molecule has 0 radical (unpaired) electrons. The van der Waals surface area contributed by atoms with Crippen molar-refractivity contribution in [1.82, 2.24) is 0 Å². The van der Waals surface area contributed by atoms with E-state index in [1.807, 2.05) is 11.3 Å². The first-order chi connectivity index (χ1) is 21.6. The second kappa shape index (κ2) is 10.0. The third-order valence-corrected chi connectivity index (χ3v) is 10.8. The lowest BCUT2D eigenvalue weighted by molar-refractivity contribution is 0.590. The molecule has 0 bridgehead atoms. The largest absolute Gasteiger partial charge is 0.135 e. The molecule has 7 aromatic carbocycles. The van der Waals surface area contributed by atoms with Crippen molar-refractivity contribution in [3.8, 4) is 22.3 Å².